The molecule has 1 saturated carbocycles. The van der Waals surface area contributed by atoms with Gasteiger partial charge in [0.25, 0.3) is 0 Å². The van der Waals surface area contributed by atoms with Crippen LogP contribution in [-0.2, 0) is 0 Å². The van der Waals surface area contributed by atoms with Gasteiger partial charge < -0.3 is 20.5 Å². The molecule has 2 atom stereocenters. The van der Waals surface area contributed by atoms with Gasteiger partial charge in [0, 0.05) is 19.1 Å². The van der Waals surface area contributed by atoms with Gasteiger partial charge in [0.15, 0.2) is 0 Å². The summed E-state index contributed by atoms with van der Waals surface area (Å²) < 4.78 is 18.9. The van der Waals surface area contributed by atoms with E-state index in [4.69, 9.17) is 22.1 Å². The number of hydrogen-bond donors (Lipinski definition) is 2. The molecule has 0 unspecified atom stereocenters. The summed E-state index contributed by atoms with van der Waals surface area (Å²) in [6.07, 6.45) is 5.79. The lowest BCUT2D eigenvalue weighted by Gasteiger charge is -2.37. The minimum absolute atomic E-state index is 0.241. The molecule has 0 amide bonds. The third-order valence-electron chi connectivity index (χ3n) is 5.52. The summed E-state index contributed by atoms with van der Waals surface area (Å²) in [5.41, 5.74) is 5.96. The van der Waals surface area contributed by atoms with Gasteiger partial charge in [-0.25, -0.2) is 4.39 Å². The van der Waals surface area contributed by atoms with Gasteiger partial charge in [-0.1, -0.05) is 11.6 Å². The number of aliphatic hydroxyl groups is 1. The highest BCUT2D eigenvalue weighted by Crippen LogP contribution is 2.29. The predicted molar refractivity (Wildman–Crippen MR) is 97.4 cm³/mol. The maximum atomic E-state index is 13.1. The van der Waals surface area contributed by atoms with Crippen LogP contribution in [0.3, 0.4) is 0 Å². The van der Waals surface area contributed by atoms with Crippen molar-refractivity contribution >= 4 is 11.6 Å². The fraction of sp³-hybridized carbons (Fsp3) is 0.684. The molecule has 6 heteroatoms. The standard InChI is InChI=1S/C19H28ClFN2O2/c20-16-11-14(21)3-6-18(16)25-19-8-10-23(12-17(19)24)9-7-13-1-4-15(22)5-2-13/h3,6,11,13,15,17,19,24H,1-2,4-5,7-10,12,22H2/t13?,15?,17-,19-/m0/s1. The number of aliphatic hydroxyl groups excluding tert-OH is 1. The minimum Gasteiger partial charge on any atom is -0.486 e. The average Bonchev–Trinajstić information content (AvgIpc) is 2.58. The molecule has 1 heterocycles. The lowest BCUT2D eigenvalue weighted by atomic mass is 9.84. The SMILES string of the molecule is NC1CCC(CCN2CC[C@H](Oc3ccc(F)cc3Cl)[C@@H](O)C2)CC1. The van der Waals surface area contributed by atoms with Crippen molar-refractivity contribution in [3.63, 3.8) is 0 Å². The fourth-order valence-corrected chi connectivity index (χ4v) is 4.10. The lowest BCUT2D eigenvalue weighted by Crippen LogP contribution is -2.49. The molecule has 25 heavy (non-hydrogen) atoms. The monoisotopic (exact) mass is 370 g/mol. The predicted octanol–water partition coefficient (Wildman–Crippen LogP) is 3.20. The molecule has 0 bridgehead atoms. The van der Waals surface area contributed by atoms with Gasteiger partial charge in [-0.2, -0.15) is 0 Å². The Bertz CT molecular complexity index is 566. The third kappa shape index (κ3) is 5.30. The number of nitrogens with zero attached hydrogens (tertiary/aromatic N) is 1. The van der Waals surface area contributed by atoms with Gasteiger partial charge in [-0.3, -0.25) is 0 Å². The van der Waals surface area contributed by atoms with Crippen LogP contribution in [0.5, 0.6) is 5.75 Å². The van der Waals surface area contributed by atoms with Crippen molar-refractivity contribution in [3.05, 3.63) is 29.0 Å². The maximum Gasteiger partial charge on any atom is 0.138 e. The minimum atomic E-state index is -0.561. The highest BCUT2D eigenvalue weighted by Gasteiger charge is 2.30. The van der Waals surface area contributed by atoms with Crippen LogP contribution < -0.4 is 10.5 Å². The first kappa shape index (κ1) is 18.9. The number of rotatable bonds is 5. The van der Waals surface area contributed by atoms with Crippen LogP contribution in [0.1, 0.15) is 38.5 Å². The van der Waals surface area contributed by atoms with E-state index in [0.29, 0.717) is 18.3 Å². The zero-order valence-electron chi connectivity index (χ0n) is 14.5. The maximum absolute atomic E-state index is 13.1. The summed E-state index contributed by atoms with van der Waals surface area (Å²) >= 11 is 6.01. The van der Waals surface area contributed by atoms with Gasteiger partial charge in [0.05, 0.1) is 5.02 Å². The normalized spacial score (nSPS) is 31.0. The van der Waals surface area contributed by atoms with E-state index in [1.165, 1.54) is 37.5 Å². The zero-order chi connectivity index (χ0) is 17.8. The van der Waals surface area contributed by atoms with Gasteiger partial charge in [-0.05, 0) is 69.2 Å². The average molecular weight is 371 g/mol. The molecule has 140 valence electrons. The Hall–Kier alpha value is -0.880. The Kier molecular flexibility index (Phi) is 6.55. The lowest BCUT2D eigenvalue weighted by molar-refractivity contribution is -0.0266. The Morgan fingerprint density at radius 1 is 1.24 bits per heavy atom. The molecule has 3 N–H and O–H groups in total. The second kappa shape index (κ2) is 8.67. The number of halogens is 2. The number of ether oxygens (including phenoxy) is 1. The van der Waals surface area contributed by atoms with Crippen molar-refractivity contribution in [2.75, 3.05) is 19.6 Å². The van der Waals surface area contributed by atoms with Gasteiger partial charge >= 0.3 is 0 Å². The van der Waals surface area contributed by atoms with E-state index in [9.17, 15) is 9.50 Å². The Morgan fingerprint density at radius 2 is 2.00 bits per heavy atom. The first-order chi connectivity index (χ1) is 12.0. The van der Waals surface area contributed by atoms with Gasteiger partial charge in [-0.15, -0.1) is 0 Å². The molecule has 3 rings (SSSR count). The van der Waals surface area contributed by atoms with E-state index < -0.39 is 11.9 Å². The Balaban J connectivity index is 1.44. The zero-order valence-corrected chi connectivity index (χ0v) is 15.3. The summed E-state index contributed by atoms with van der Waals surface area (Å²) in [6, 6.07) is 4.46. The summed E-state index contributed by atoms with van der Waals surface area (Å²) in [5, 5.41) is 10.7. The molecular formula is C19H28ClFN2O2. The van der Waals surface area contributed by atoms with Crippen molar-refractivity contribution in [3.8, 4) is 5.75 Å². The van der Waals surface area contributed by atoms with E-state index in [1.807, 2.05) is 0 Å². The molecule has 4 nitrogen and oxygen atoms in total. The highest BCUT2D eigenvalue weighted by atomic mass is 35.5. The molecule has 2 aliphatic rings. The fourth-order valence-electron chi connectivity index (χ4n) is 3.89. The molecule has 0 aromatic heterocycles. The Labute approximate surface area is 154 Å². The summed E-state index contributed by atoms with van der Waals surface area (Å²) in [4.78, 5) is 2.31. The largest absolute Gasteiger partial charge is 0.486 e. The third-order valence-corrected chi connectivity index (χ3v) is 5.82. The van der Waals surface area contributed by atoms with Crippen LogP contribution in [-0.4, -0.2) is 47.9 Å². The quantitative estimate of drug-likeness (QED) is 0.835. The first-order valence-electron chi connectivity index (χ1n) is 9.29. The van der Waals surface area contributed by atoms with Crippen LogP contribution in [0.2, 0.25) is 5.02 Å². The van der Waals surface area contributed by atoms with Crippen LogP contribution in [0.4, 0.5) is 4.39 Å². The van der Waals surface area contributed by atoms with E-state index in [1.54, 1.807) is 0 Å². The number of nitrogens with two attached hydrogens (primary N) is 1. The van der Waals surface area contributed by atoms with Crippen molar-refractivity contribution in [2.24, 2.45) is 11.7 Å². The van der Waals surface area contributed by atoms with Crippen LogP contribution >= 0.6 is 11.6 Å². The topological polar surface area (TPSA) is 58.7 Å². The summed E-state index contributed by atoms with van der Waals surface area (Å²) in [5.74, 6) is 0.805. The van der Waals surface area contributed by atoms with Gasteiger partial charge in [0.1, 0.15) is 23.8 Å². The highest BCUT2D eigenvalue weighted by molar-refractivity contribution is 6.32. The number of hydrogen-bond acceptors (Lipinski definition) is 4. The van der Waals surface area contributed by atoms with Crippen molar-refractivity contribution in [1.82, 2.24) is 4.90 Å². The first-order valence-corrected chi connectivity index (χ1v) is 9.67. The van der Waals surface area contributed by atoms with Crippen LogP contribution in [0, 0.1) is 11.7 Å². The number of benzene rings is 1. The van der Waals surface area contributed by atoms with Crippen molar-refractivity contribution in [1.29, 1.82) is 0 Å². The summed E-state index contributed by atoms with van der Waals surface area (Å²) in [6.45, 7) is 2.52. The molecule has 0 radical (unpaired) electrons. The van der Waals surface area contributed by atoms with E-state index in [2.05, 4.69) is 4.90 Å². The second-order valence-electron chi connectivity index (χ2n) is 7.46. The molecule has 1 saturated heterocycles. The van der Waals surface area contributed by atoms with E-state index >= 15 is 0 Å². The number of likely N-dealkylation sites (tertiary alicyclic amines) is 1. The van der Waals surface area contributed by atoms with Crippen LogP contribution in [0.15, 0.2) is 18.2 Å². The van der Waals surface area contributed by atoms with E-state index in [0.717, 1.165) is 38.3 Å². The molecule has 1 aliphatic heterocycles. The number of β-amino-alcohol motifs (C(OH)–C–C–N with tert-alkyl or cyclic N) is 1. The molecule has 1 aromatic rings. The van der Waals surface area contributed by atoms with Crippen molar-refractivity contribution < 1.29 is 14.2 Å². The molecule has 2 fully saturated rings. The van der Waals surface area contributed by atoms with E-state index in [-0.39, 0.29) is 11.1 Å². The summed E-state index contributed by atoms with van der Waals surface area (Å²) in [7, 11) is 0. The smallest absolute Gasteiger partial charge is 0.138 e. The number of piperidine rings is 1. The molecule has 0 spiro atoms. The van der Waals surface area contributed by atoms with Gasteiger partial charge in [0.2, 0.25) is 0 Å². The molecular weight excluding hydrogens is 343 g/mol. The van der Waals surface area contributed by atoms with Crippen molar-refractivity contribution in [2.45, 2.75) is 56.8 Å². The molecule has 1 aliphatic carbocycles. The Morgan fingerprint density at radius 3 is 2.68 bits per heavy atom. The molecule has 1 aromatic carbocycles. The second-order valence-corrected chi connectivity index (χ2v) is 7.86. The van der Waals surface area contributed by atoms with Crippen LogP contribution in [0.25, 0.3) is 0 Å².